The second-order valence-electron chi connectivity index (χ2n) is 11.1. The molecule has 1 aliphatic carbocycles. The molecule has 3 heterocycles. The first-order chi connectivity index (χ1) is 19.6. The van der Waals surface area contributed by atoms with Gasteiger partial charge in [0.15, 0.2) is 5.65 Å². The van der Waals surface area contributed by atoms with Gasteiger partial charge in [-0.1, -0.05) is 73.9 Å². The van der Waals surface area contributed by atoms with Crippen LogP contribution < -0.4 is 11.1 Å². The number of nitrogens with two attached hydrogens (primary N) is 1. The van der Waals surface area contributed by atoms with Crippen molar-refractivity contribution in [2.75, 3.05) is 25.0 Å². The summed E-state index contributed by atoms with van der Waals surface area (Å²) in [5.74, 6) is 1.82. The van der Waals surface area contributed by atoms with E-state index in [9.17, 15) is 4.79 Å². The summed E-state index contributed by atoms with van der Waals surface area (Å²) in [6.45, 7) is 2.70. The molecule has 6 rings (SSSR count). The fourth-order valence-electron chi connectivity index (χ4n) is 6.33. The molecule has 8 heteroatoms. The summed E-state index contributed by atoms with van der Waals surface area (Å²) >= 11 is 3.77. The van der Waals surface area contributed by atoms with Gasteiger partial charge in [-0.2, -0.15) is 9.61 Å². The number of aromatic nitrogens is 3. The molecule has 0 radical (unpaired) electrons. The SMILES string of the molecule is NCc1ccccc1-c1nn2c(NCC3CCCCC3)c(C(=O)N3CCC(c4ccccc4)CC3)cnc2c1Br. The molecule has 0 unspecified atom stereocenters. The second-order valence-corrected chi connectivity index (χ2v) is 11.9. The molecule has 2 aliphatic rings. The first-order valence-corrected chi connectivity index (χ1v) is 15.4. The molecule has 208 valence electrons. The van der Waals surface area contributed by atoms with Crippen molar-refractivity contribution < 1.29 is 4.79 Å². The fraction of sp³-hybridized carbons (Fsp3) is 0.406. The fourth-order valence-corrected chi connectivity index (χ4v) is 6.89. The molecule has 3 N–H and O–H groups in total. The number of benzene rings is 2. The highest BCUT2D eigenvalue weighted by atomic mass is 79.9. The predicted molar refractivity (Wildman–Crippen MR) is 163 cm³/mol. The molecule has 1 saturated heterocycles. The smallest absolute Gasteiger partial charge is 0.259 e. The molecule has 0 spiro atoms. The number of hydrogen-bond donors (Lipinski definition) is 2. The molecule has 40 heavy (non-hydrogen) atoms. The monoisotopic (exact) mass is 600 g/mol. The Morgan fingerprint density at radius 3 is 2.45 bits per heavy atom. The number of hydrogen-bond acceptors (Lipinski definition) is 5. The number of rotatable bonds is 7. The Kier molecular flexibility index (Phi) is 8.16. The molecule has 0 atom stereocenters. The van der Waals surface area contributed by atoms with Crippen LogP contribution in [-0.2, 0) is 6.54 Å². The molecule has 2 aromatic heterocycles. The lowest BCUT2D eigenvalue weighted by Gasteiger charge is -2.32. The third-order valence-electron chi connectivity index (χ3n) is 8.65. The van der Waals surface area contributed by atoms with Gasteiger partial charge in [-0.25, -0.2) is 4.98 Å². The molecule has 2 aromatic carbocycles. The second kappa shape index (κ2) is 12.1. The Morgan fingerprint density at radius 2 is 1.70 bits per heavy atom. The lowest BCUT2D eigenvalue weighted by atomic mass is 9.89. The molecular formula is C32H37BrN6O. The number of halogens is 1. The van der Waals surface area contributed by atoms with Gasteiger partial charge in [0.2, 0.25) is 0 Å². The van der Waals surface area contributed by atoms with Crippen molar-refractivity contribution in [3.8, 4) is 11.3 Å². The lowest BCUT2D eigenvalue weighted by molar-refractivity contribution is 0.0713. The number of anilines is 1. The van der Waals surface area contributed by atoms with Crippen molar-refractivity contribution in [3.63, 3.8) is 0 Å². The number of nitrogens with one attached hydrogen (secondary N) is 1. The summed E-state index contributed by atoms with van der Waals surface area (Å²) < 4.78 is 2.62. The van der Waals surface area contributed by atoms with E-state index in [0.717, 1.165) is 59.6 Å². The van der Waals surface area contributed by atoms with Crippen molar-refractivity contribution in [3.05, 3.63) is 82.0 Å². The van der Waals surface area contributed by atoms with E-state index >= 15 is 0 Å². The third kappa shape index (κ3) is 5.39. The normalized spacial score (nSPS) is 16.9. The van der Waals surface area contributed by atoms with Gasteiger partial charge < -0.3 is 16.0 Å². The molecule has 4 aromatic rings. The molecule has 1 amide bonds. The number of piperidine rings is 1. The minimum Gasteiger partial charge on any atom is -0.369 e. The number of fused-ring (bicyclic) bond motifs is 1. The maximum atomic E-state index is 14.0. The van der Waals surface area contributed by atoms with E-state index in [1.54, 1.807) is 6.20 Å². The lowest BCUT2D eigenvalue weighted by Crippen LogP contribution is -2.38. The maximum Gasteiger partial charge on any atom is 0.259 e. The minimum absolute atomic E-state index is 0.0163. The Labute approximate surface area is 244 Å². The van der Waals surface area contributed by atoms with Crippen LogP contribution in [0.4, 0.5) is 5.82 Å². The van der Waals surface area contributed by atoms with Crippen LogP contribution in [0, 0.1) is 5.92 Å². The van der Waals surface area contributed by atoms with Crippen LogP contribution >= 0.6 is 15.9 Å². The summed E-state index contributed by atoms with van der Waals surface area (Å²) in [6.07, 6.45) is 9.95. The predicted octanol–water partition coefficient (Wildman–Crippen LogP) is 6.63. The first-order valence-electron chi connectivity index (χ1n) is 14.6. The maximum absolute atomic E-state index is 14.0. The zero-order chi connectivity index (χ0) is 27.5. The van der Waals surface area contributed by atoms with Gasteiger partial charge in [0.25, 0.3) is 5.91 Å². The summed E-state index contributed by atoms with van der Waals surface area (Å²) in [6, 6.07) is 18.7. The van der Waals surface area contributed by atoms with E-state index in [4.69, 9.17) is 15.8 Å². The van der Waals surface area contributed by atoms with Crippen molar-refractivity contribution in [2.24, 2.45) is 11.7 Å². The quantitative estimate of drug-likeness (QED) is 0.248. The van der Waals surface area contributed by atoms with Gasteiger partial charge in [-0.15, -0.1) is 0 Å². The van der Waals surface area contributed by atoms with E-state index in [2.05, 4.69) is 51.6 Å². The van der Waals surface area contributed by atoms with E-state index in [-0.39, 0.29) is 5.91 Å². The number of carbonyl (C=O) groups is 1. The summed E-state index contributed by atoms with van der Waals surface area (Å²) in [5, 5.41) is 8.68. The van der Waals surface area contributed by atoms with Crippen molar-refractivity contribution >= 4 is 33.3 Å². The van der Waals surface area contributed by atoms with Gasteiger partial charge in [0.05, 0.1) is 4.47 Å². The Morgan fingerprint density at radius 1 is 0.975 bits per heavy atom. The van der Waals surface area contributed by atoms with Gasteiger partial charge >= 0.3 is 0 Å². The van der Waals surface area contributed by atoms with Crippen molar-refractivity contribution in [2.45, 2.75) is 57.4 Å². The van der Waals surface area contributed by atoms with Crippen LogP contribution in [0.3, 0.4) is 0 Å². The van der Waals surface area contributed by atoms with Crippen LogP contribution in [0.15, 0.2) is 65.3 Å². The van der Waals surface area contributed by atoms with Crippen molar-refractivity contribution in [1.82, 2.24) is 19.5 Å². The van der Waals surface area contributed by atoms with Crippen molar-refractivity contribution in [1.29, 1.82) is 0 Å². The number of carbonyl (C=O) groups excluding carboxylic acids is 1. The Balaban J connectivity index is 1.33. The molecular weight excluding hydrogens is 564 g/mol. The third-order valence-corrected chi connectivity index (χ3v) is 9.38. The average molecular weight is 602 g/mol. The highest BCUT2D eigenvalue weighted by molar-refractivity contribution is 9.10. The summed E-state index contributed by atoms with van der Waals surface area (Å²) in [5.41, 5.74) is 11.4. The standard InChI is InChI=1S/C32H37BrN6O/c33-28-29(26-14-8-7-13-25(26)19-34)37-39-30(35-20-22-9-3-1-4-10-22)27(21-36-31(28)39)32(40)38-17-15-24(16-18-38)23-11-5-2-6-12-23/h2,5-8,11-14,21-22,24,35H,1,3-4,9-10,15-20,34H2. The molecule has 1 aliphatic heterocycles. The number of amides is 1. The largest absolute Gasteiger partial charge is 0.369 e. The topological polar surface area (TPSA) is 88.5 Å². The molecule has 0 bridgehead atoms. The molecule has 7 nitrogen and oxygen atoms in total. The van der Waals surface area contributed by atoms with Gasteiger partial charge in [0, 0.05) is 37.9 Å². The number of likely N-dealkylation sites (tertiary alicyclic amines) is 1. The highest BCUT2D eigenvalue weighted by Gasteiger charge is 2.29. The van der Waals surface area contributed by atoms with Crippen LogP contribution in [0.1, 0.15) is 72.3 Å². The summed E-state index contributed by atoms with van der Waals surface area (Å²) in [7, 11) is 0. The highest BCUT2D eigenvalue weighted by Crippen LogP contribution is 2.35. The summed E-state index contributed by atoms with van der Waals surface area (Å²) in [4.78, 5) is 20.7. The Bertz CT molecular complexity index is 1470. The van der Waals surface area contributed by atoms with Crippen LogP contribution in [0.5, 0.6) is 0 Å². The molecule has 1 saturated carbocycles. The van der Waals surface area contributed by atoms with E-state index in [1.807, 2.05) is 33.7 Å². The number of nitrogens with zero attached hydrogens (tertiary/aromatic N) is 4. The van der Waals surface area contributed by atoms with Crippen LogP contribution in [0.2, 0.25) is 0 Å². The van der Waals surface area contributed by atoms with E-state index < -0.39 is 0 Å². The van der Waals surface area contributed by atoms with Gasteiger partial charge in [-0.3, -0.25) is 4.79 Å². The Hall–Kier alpha value is -3.23. The van der Waals surface area contributed by atoms with Crippen LogP contribution in [0.25, 0.3) is 16.9 Å². The van der Waals surface area contributed by atoms with Gasteiger partial charge in [-0.05, 0) is 64.6 Å². The zero-order valence-electron chi connectivity index (χ0n) is 22.9. The van der Waals surface area contributed by atoms with E-state index in [0.29, 0.717) is 29.6 Å². The molecule has 2 fully saturated rings. The van der Waals surface area contributed by atoms with E-state index in [1.165, 1.54) is 37.7 Å². The zero-order valence-corrected chi connectivity index (χ0v) is 24.4. The first kappa shape index (κ1) is 27.0. The van der Waals surface area contributed by atoms with Gasteiger partial charge in [0.1, 0.15) is 17.1 Å². The average Bonchev–Trinajstić information content (AvgIpc) is 3.36. The minimum atomic E-state index is 0.0163. The van der Waals surface area contributed by atoms with Crippen LogP contribution in [-0.4, -0.2) is 45.0 Å².